The zero-order chi connectivity index (χ0) is 20.8. The second-order valence-corrected chi connectivity index (χ2v) is 7.05. The highest BCUT2D eigenvalue weighted by Crippen LogP contribution is 2.44. The summed E-state index contributed by atoms with van der Waals surface area (Å²) in [5.74, 6) is -0.0320. The van der Waals surface area contributed by atoms with Gasteiger partial charge in [0.1, 0.15) is 22.8 Å². The lowest BCUT2D eigenvalue weighted by molar-refractivity contribution is -0.122. The number of ether oxygens (including phenoxy) is 1. The number of aryl methyl sites for hydroxylation is 1. The van der Waals surface area contributed by atoms with Gasteiger partial charge in [-0.15, -0.1) is 0 Å². The Morgan fingerprint density at radius 3 is 2.63 bits per heavy atom. The average molecular weight is 404 g/mol. The van der Waals surface area contributed by atoms with Crippen LogP contribution >= 0.6 is 0 Å². The highest BCUT2D eigenvalue weighted by Gasteiger charge is 2.44. The Hall–Kier alpha value is -4.07. The number of nitrogens with one attached hydrogen (secondary N) is 1. The molecule has 0 fully saturated rings. The molecule has 2 atom stereocenters. The summed E-state index contributed by atoms with van der Waals surface area (Å²) < 4.78 is 16.5. The number of nitrogens with zero attached hydrogens (tertiary/aromatic N) is 1. The van der Waals surface area contributed by atoms with Crippen LogP contribution < -0.4 is 15.7 Å². The van der Waals surface area contributed by atoms with Gasteiger partial charge in [0.15, 0.2) is 11.9 Å². The number of fused-ring (bicyclic) bond motifs is 3. The van der Waals surface area contributed by atoms with Gasteiger partial charge in [0.25, 0.3) is 5.91 Å². The number of rotatable bonds is 3. The number of hydrogen-bond donors (Lipinski definition) is 2. The Morgan fingerprint density at radius 1 is 1.13 bits per heavy atom. The Kier molecular flexibility index (Phi) is 4.06. The normalized spacial score (nSPS) is 17.5. The topological polar surface area (TPSA) is 115 Å². The van der Waals surface area contributed by atoms with Crippen LogP contribution in [0.15, 0.2) is 68.3 Å². The van der Waals surface area contributed by atoms with Crippen molar-refractivity contribution < 1.29 is 23.6 Å². The maximum absolute atomic E-state index is 13.1. The number of anilines is 1. The van der Waals surface area contributed by atoms with Gasteiger partial charge in [-0.1, -0.05) is 29.4 Å². The van der Waals surface area contributed by atoms with E-state index in [1.165, 1.54) is 12.1 Å². The van der Waals surface area contributed by atoms with Gasteiger partial charge in [0.2, 0.25) is 0 Å². The molecule has 1 amide bonds. The molecule has 30 heavy (non-hydrogen) atoms. The highest BCUT2D eigenvalue weighted by molar-refractivity contribution is 5.97. The van der Waals surface area contributed by atoms with Crippen molar-refractivity contribution in [2.24, 2.45) is 0 Å². The van der Waals surface area contributed by atoms with E-state index in [9.17, 15) is 14.7 Å². The number of aromatic nitrogens is 1. The predicted molar refractivity (Wildman–Crippen MR) is 107 cm³/mol. The van der Waals surface area contributed by atoms with Crippen LogP contribution in [0, 0.1) is 6.92 Å². The molecular weight excluding hydrogens is 388 g/mol. The third-order valence-electron chi connectivity index (χ3n) is 5.05. The predicted octanol–water partition coefficient (Wildman–Crippen LogP) is 3.33. The zero-order valence-corrected chi connectivity index (χ0v) is 15.8. The fourth-order valence-corrected chi connectivity index (χ4v) is 3.73. The minimum Gasteiger partial charge on any atom is -0.508 e. The summed E-state index contributed by atoms with van der Waals surface area (Å²) in [6.45, 7) is 1.71. The molecule has 2 aromatic heterocycles. The molecule has 0 bridgehead atoms. The second kappa shape index (κ2) is 6.77. The average Bonchev–Trinajstić information content (AvgIpc) is 3.33. The largest absolute Gasteiger partial charge is 0.508 e. The van der Waals surface area contributed by atoms with E-state index in [0.717, 1.165) is 0 Å². The van der Waals surface area contributed by atoms with Crippen LogP contribution in [0.1, 0.15) is 22.8 Å². The third kappa shape index (κ3) is 2.89. The van der Waals surface area contributed by atoms with Crippen LogP contribution in [0.4, 0.5) is 5.82 Å². The SMILES string of the molecule is Cc1cc(NC(=O)[C@H]2Oc3c(c(=O)oc4ccccc34)[C@@H]2c2ccc(O)cc2)no1. The first-order valence-corrected chi connectivity index (χ1v) is 9.27. The number of aromatic hydroxyl groups is 1. The van der Waals surface area contributed by atoms with Crippen LogP contribution in [0.5, 0.6) is 11.5 Å². The number of phenols is 1. The lowest BCUT2D eigenvalue weighted by Gasteiger charge is -2.18. The van der Waals surface area contributed by atoms with Crippen LogP contribution in [0.3, 0.4) is 0 Å². The van der Waals surface area contributed by atoms with Gasteiger partial charge in [-0.25, -0.2) is 4.79 Å². The Bertz CT molecular complexity index is 1320. The number of hydrogen-bond acceptors (Lipinski definition) is 7. The molecule has 4 aromatic rings. The van der Waals surface area contributed by atoms with E-state index in [1.54, 1.807) is 49.4 Å². The molecule has 0 spiro atoms. The molecule has 5 rings (SSSR count). The third-order valence-corrected chi connectivity index (χ3v) is 5.05. The van der Waals surface area contributed by atoms with E-state index >= 15 is 0 Å². The Morgan fingerprint density at radius 2 is 1.90 bits per heavy atom. The minimum absolute atomic E-state index is 0.0718. The molecule has 8 heteroatoms. The zero-order valence-electron chi connectivity index (χ0n) is 15.8. The lowest BCUT2D eigenvalue weighted by atomic mass is 9.88. The van der Waals surface area contributed by atoms with Crippen molar-refractivity contribution in [2.45, 2.75) is 18.9 Å². The first kappa shape index (κ1) is 18.0. The molecule has 0 aliphatic carbocycles. The van der Waals surface area contributed by atoms with E-state index in [0.29, 0.717) is 28.0 Å². The summed E-state index contributed by atoms with van der Waals surface area (Å²) in [5.41, 5.74) is 0.690. The number of para-hydroxylation sites is 1. The molecule has 0 saturated carbocycles. The molecule has 2 N–H and O–H groups in total. The minimum atomic E-state index is -1.05. The van der Waals surface area contributed by atoms with Crippen molar-refractivity contribution >= 4 is 22.7 Å². The lowest BCUT2D eigenvalue weighted by Crippen LogP contribution is -2.35. The fraction of sp³-hybridized carbons (Fsp3) is 0.136. The molecule has 3 heterocycles. The first-order valence-electron chi connectivity index (χ1n) is 9.27. The van der Waals surface area contributed by atoms with Crippen molar-refractivity contribution in [1.29, 1.82) is 0 Å². The molecule has 1 aliphatic rings. The Labute approximate surface area is 169 Å². The standard InChI is InChI=1S/C22H16N2O6/c1-11-10-16(24-30-11)23-21(26)20-17(12-6-8-13(25)9-7-12)18-19(29-20)14-4-2-3-5-15(14)28-22(18)27/h2-10,17,20,25H,1H3,(H,23,24,26)/t17-,20-/m0/s1. The molecule has 8 nitrogen and oxygen atoms in total. The number of amides is 1. The van der Waals surface area contributed by atoms with Crippen molar-refractivity contribution in [3.63, 3.8) is 0 Å². The summed E-state index contributed by atoms with van der Waals surface area (Å²) in [5, 5.41) is 16.7. The molecule has 1 aliphatic heterocycles. The first-order chi connectivity index (χ1) is 14.5. The number of benzene rings is 2. The van der Waals surface area contributed by atoms with E-state index < -0.39 is 23.6 Å². The summed E-state index contributed by atoms with van der Waals surface area (Å²) >= 11 is 0. The van der Waals surface area contributed by atoms with Crippen molar-refractivity contribution in [3.8, 4) is 11.5 Å². The molecule has 0 saturated heterocycles. The van der Waals surface area contributed by atoms with Crippen molar-refractivity contribution in [3.05, 3.63) is 81.9 Å². The van der Waals surface area contributed by atoms with Crippen LogP contribution in [0.25, 0.3) is 11.0 Å². The molecule has 0 unspecified atom stereocenters. The number of phenolic OH excluding ortho intramolecular Hbond substituents is 1. The summed E-state index contributed by atoms with van der Waals surface area (Å²) in [6.07, 6.45) is -1.05. The maximum Gasteiger partial charge on any atom is 0.344 e. The fourth-order valence-electron chi connectivity index (χ4n) is 3.73. The molecule has 150 valence electrons. The van der Waals surface area contributed by atoms with Crippen LogP contribution in [-0.4, -0.2) is 22.3 Å². The highest BCUT2D eigenvalue weighted by atomic mass is 16.5. The van der Waals surface area contributed by atoms with Gasteiger partial charge in [-0.05, 0) is 36.8 Å². The summed E-state index contributed by atoms with van der Waals surface area (Å²) in [4.78, 5) is 25.9. The quantitative estimate of drug-likeness (QED) is 0.503. The van der Waals surface area contributed by atoms with Crippen molar-refractivity contribution in [1.82, 2.24) is 5.16 Å². The van der Waals surface area contributed by atoms with Gasteiger partial charge in [-0.2, -0.15) is 0 Å². The van der Waals surface area contributed by atoms with Crippen molar-refractivity contribution in [2.75, 3.05) is 5.32 Å². The van der Waals surface area contributed by atoms with Gasteiger partial charge in [0, 0.05) is 6.07 Å². The van der Waals surface area contributed by atoms with E-state index in [4.69, 9.17) is 13.7 Å². The van der Waals surface area contributed by atoms with Gasteiger partial charge < -0.3 is 24.1 Å². The van der Waals surface area contributed by atoms with E-state index in [1.807, 2.05) is 0 Å². The van der Waals surface area contributed by atoms with E-state index in [-0.39, 0.29) is 17.1 Å². The number of carbonyl (C=O) groups excluding carboxylic acids is 1. The van der Waals surface area contributed by atoms with E-state index in [2.05, 4.69) is 10.5 Å². The van der Waals surface area contributed by atoms with Gasteiger partial charge in [-0.3, -0.25) is 4.79 Å². The van der Waals surface area contributed by atoms with Gasteiger partial charge >= 0.3 is 5.63 Å². The molecule has 2 aromatic carbocycles. The number of carbonyl (C=O) groups is 1. The monoisotopic (exact) mass is 404 g/mol. The smallest absolute Gasteiger partial charge is 0.344 e. The van der Waals surface area contributed by atoms with Crippen LogP contribution in [-0.2, 0) is 4.79 Å². The van der Waals surface area contributed by atoms with Crippen LogP contribution in [0.2, 0.25) is 0 Å². The Balaban J connectivity index is 1.64. The maximum atomic E-state index is 13.1. The summed E-state index contributed by atoms with van der Waals surface area (Å²) in [6, 6.07) is 14.8. The second-order valence-electron chi connectivity index (χ2n) is 7.05. The van der Waals surface area contributed by atoms with Gasteiger partial charge in [0.05, 0.1) is 16.9 Å². The molecule has 0 radical (unpaired) electrons. The molecular formula is C22H16N2O6. The summed E-state index contributed by atoms with van der Waals surface area (Å²) in [7, 11) is 0.